The van der Waals surface area contributed by atoms with E-state index in [0.717, 1.165) is 16.3 Å². The number of hydrogen-bond acceptors (Lipinski definition) is 5. The van der Waals surface area contributed by atoms with Crippen LogP contribution in [0.5, 0.6) is 11.6 Å². The van der Waals surface area contributed by atoms with Crippen molar-refractivity contribution in [2.45, 2.75) is 6.92 Å². The van der Waals surface area contributed by atoms with E-state index in [1.807, 2.05) is 24.3 Å². The van der Waals surface area contributed by atoms with E-state index < -0.39 is 5.97 Å². The first-order valence-electron chi connectivity index (χ1n) is 8.39. The first-order valence-corrected chi connectivity index (χ1v) is 8.39. The molecule has 0 fully saturated rings. The number of esters is 1. The second kappa shape index (κ2) is 7.45. The summed E-state index contributed by atoms with van der Waals surface area (Å²) >= 11 is 0. The quantitative estimate of drug-likeness (QED) is 0.524. The maximum Gasteiger partial charge on any atom is 0.362 e. The van der Waals surface area contributed by atoms with Gasteiger partial charge < -0.3 is 14.4 Å². The minimum Gasteiger partial charge on any atom is -0.481 e. The molecule has 0 aliphatic carbocycles. The Hall–Kier alpha value is -3.41. The van der Waals surface area contributed by atoms with Crippen LogP contribution in [0.1, 0.15) is 26.4 Å². The summed E-state index contributed by atoms with van der Waals surface area (Å²) in [5.74, 6) is -0.107. The molecule has 0 unspecified atom stereocenters. The molecule has 0 saturated heterocycles. The molecular formula is C21H20N2O4. The molecule has 2 aromatic carbocycles. The van der Waals surface area contributed by atoms with Crippen molar-refractivity contribution in [2.24, 2.45) is 0 Å². The molecule has 0 aliphatic heterocycles. The van der Waals surface area contributed by atoms with Gasteiger partial charge in [-0.15, -0.1) is 0 Å². The fourth-order valence-corrected chi connectivity index (χ4v) is 2.68. The highest BCUT2D eigenvalue weighted by molar-refractivity contribution is 5.97. The van der Waals surface area contributed by atoms with Gasteiger partial charge in [0.25, 0.3) is 5.91 Å². The van der Waals surface area contributed by atoms with Crippen molar-refractivity contribution >= 4 is 22.6 Å². The van der Waals surface area contributed by atoms with Gasteiger partial charge in [0.1, 0.15) is 5.75 Å². The second-order valence-electron chi connectivity index (χ2n) is 6.31. The third kappa shape index (κ3) is 3.74. The predicted octanol–water partition coefficient (Wildman–Crippen LogP) is 3.47. The SMILES string of the molecule is COc1nc(C(=O)Oc2cc(C(=O)N(C)C)ccc2C)cc2ccccc12. The largest absolute Gasteiger partial charge is 0.481 e. The molecule has 6 nitrogen and oxygen atoms in total. The van der Waals surface area contributed by atoms with Crippen molar-refractivity contribution < 1.29 is 19.1 Å². The van der Waals surface area contributed by atoms with Gasteiger partial charge in [-0.3, -0.25) is 4.79 Å². The number of hydrogen-bond donors (Lipinski definition) is 0. The summed E-state index contributed by atoms with van der Waals surface area (Å²) in [6, 6.07) is 14.2. The van der Waals surface area contributed by atoms with Crippen LogP contribution in [0.3, 0.4) is 0 Å². The van der Waals surface area contributed by atoms with Gasteiger partial charge in [0.2, 0.25) is 5.88 Å². The molecule has 1 amide bonds. The number of carbonyl (C=O) groups excluding carboxylic acids is 2. The number of rotatable bonds is 4. The summed E-state index contributed by atoms with van der Waals surface area (Å²) in [5.41, 5.74) is 1.32. The first-order chi connectivity index (χ1) is 12.9. The van der Waals surface area contributed by atoms with Crippen molar-refractivity contribution in [3.63, 3.8) is 0 Å². The number of pyridine rings is 1. The van der Waals surface area contributed by atoms with Crippen molar-refractivity contribution in [1.82, 2.24) is 9.88 Å². The summed E-state index contributed by atoms with van der Waals surface area (Å²) in [7, 11) is 4.84. The van der Waals surface area contributed by atoms with E-state index in [1.165, 1.54) is 12.0 Å². The van der Waals surface area contributed by atoms with Crippen LogP contribution >= 0.6 is 0 Å². The van der Waals surface area contributed by atoms with Crippen LogP contribution in [0.25, 0.3) is 10.8 Å². The smallest absolute Gasteiger partial charge is 0.362 e. The second-order valence-corrected chi connectivity index (χ2v) is 6.31. The zero-order valence-electron chi connectivity index (χ0n) is 15.6. The zero-order valence-corrected chi connectivity index (χ0v) is 15.6. The molecule has 0 spiro atoms. The van der Waals surface area contributed by atoms with Crippen LogP contribution in [0, 0.1) is 6.92 Å². The number of carbonyl (C=O) groups is 2. The molecular weight excluding hydrogens is 344 g/mol. The van der Waals surface area contributed by atoms with Crippen molar-refractivity contribution in [2.75, 3.05) is 21.2 Å². The van der Waals surface area contributed by atoms with Crippen LogP contribution in [0.15, 0.2) is 48.5 Å². The normalized spacial score (nSPS) is 10.5. The molecule has 6 heteroatoms. The highest BCUT2D eigenvalue weighted by atomic mass is 16.5. The van der Waals surface area contributed by atoms with Gasteiger partial charge in [0.15, 0.2) is 5.69 Å². The van der Waals surface area contributed by atoms with E-state index in [4.69, 9.17) is 9.47 Å². The Morgan fingerprint density at radius 3 is 2.48 bits per heavy atom. The van der Waals surface area contributed by atoms with E-state index in [-0.39, 0.29) is 11.6 Å². The maximum absolute atomic E-state index is 12.7. The summed E-state index contributed by atoms with van der Waals surface area (Å²) in [4.78, 5) is 30.5. The van der Waals surface area contributed by atoms with Crippen LogP contribution < -0.4 is 9.47 Å². The molecule has 0 atom stereocenters. The molecule has 0 bridgehead atoms. The standard InChI is InChI=1S/C21H20N2O4/c1-13-9-10-15(20(24)23(2)3)12-18(13)27-21(25)17-11-14-7-5-6-8-16(14)19(22-17)26-4/h5-12H,1-4H3. The van der Waals surface area contributed by atoms with Crippen LogP contribution in [-0.2, 0) is 0 Å². The molecule has 0 radical (unpaired) electrons. The molecule has 0 saturated carbocycles. The topological polar surface area (TPSA) is 68.7 Å². The van der Waals surface area contributed by atoms with Crippen molar-refractivity contribution in [1.29, 1.82) is 0 Å². The number of benzene rings is 2. The number of ether oxygens (including phenoxy) is 2. The van der Waals surface area contributed by atoms with Gasteiger partial charge in [0.05, 0.1) is 7.11 Å². The number of aromatic nitrogens is 1. The Labute approximate surface area is 157 Å². The minimum absolute atomic E-state index is 0.134. The third-order valence-electron chi connectivity index (χ3n) is 4.15. The van der Waals surface area contributed by atoms with E-state index in [2.05, 4.69) is 4.98 Å². The predicted molar refractivity (Wildman–Crippen MR) is 102 cm³/mol. The molecule has 1 aromatic heterocycles. The highest BCUT2D eigenvalue weighted by Crippen LogP contribution is 2.26. The molecule has 138 valence electrons. The molecule has 1 heterocycles. The summed E-state index contributed by atoms with van der Waals surface area (Å²) in [6.07, 6.45) is 0. The van der Waals surface area contributed by atoms with Gasteiger partial charge in [-0.2, -0.15) is 0 Å². The lowest BCUT2D eigenvalue weighted by atomic mass is 10.1. The Kier molecular flexibility index (Phi) is 5.07. The minimum atomic E-state index is -0.614. The van der Waals surface area contributed by atoms with Crippen LogP contribution in [-0.4, -0.2) is 43.0 Å². The van der Waals surface area contributed by atoms with E-state index in [1.54, 1.807) is 45.3 Å². The van der Waals surface area contributed by atoms with Crippen molar-refractivity contribution in [3.8, 4) is 11.6 Å². The maximum atomic E-state index is 12.7. The number of amides is 1. The van der Waals surface area contributed by atoms with Gasteiger partial charge in [-0.25, -0.2) is 9.78 Å². The molecule has 27 heavy (non-hydrogen) atoms. The number of methoxy groups -OCH3 is 1. The summed E-state index contributed by atoms with van der Waals surface area (Å²) in [5, 5.41) is 1.64. The van der Waals surface area contributed by atoms with E-state index in [0.29, 0.717) is 17.2 Å². The molecule has 3 rings (SSSR count). The fourth-order valence-electron chi connectivity index (χ4n) is 2.68. The van der Waals surface area contributed by atoms with Gasteiger partial charge in [-0.05, 0) is 42.1 Å². The fraction of sp³-hybridized carbons (Fsp3) is 0.190. The van der Waals surface area contributed by atoms with Gasteiger partial charge in [0, 0.05) is 25.0 Å². The average Bonchev–Trinajstić information content (AvgIpc) is 2.67. The lowest BCUT2D eigenvalue weighted by molar-refractivity contribution is 0.0723. The molecule has 0 N–H and O–H groups in total. The van der Waals surface area contributed by atoms with Crippen molar-refractivity contribution in [3.05, 3.63) is 65.4 Å². The zero-order chi connectivity index (χ0) is 19.6. The lowest BCUT2D eigenvalue weighted by Gasteiger charge is -2.13. The Morgan fingerprint density at radius 2 is 1.78 bits per heavy atom. The van der Waals surface area contributed by atoms with E-state index in [9.17, 15) is 9.59 Å². The highest BCUT2D eigenvalue weighted by Gasteiger charge is 2.17. The monoisotopic (exact) mass is 364 g/mol. The van der Waals surface area contributed by atoms with Gasteiger partial charge in [-0.1, -0.05) is 24.3 Å². The number of nitrogens with zero attached hydrogens (tertiary/aromatic N) is 2. The number of fused-ring (bicyclic) bond motifs is 1. The Morgan fingerprint density at radius 1 is 1.04 bits per heavy atom. The Balaban J connectivity index is 1.95. The van der Waals surface area contributed by atoms with E-state index >= 15 is 0 Å². The molecule has 3 aromatic rings. The van der Waals surface area contributed by atoms with Gasteiger partial charge >= 0.3 is 5.97 Å². The lowest BCUT2D eigenvalue weighted by Crippen LogP contribution is -2.22. The Bertz CT molecular complexity index is 1030. The molecule has 0 aliphatic rings. The summed E-state index contributed by atoms with van der Waals surface area (Å²) in [6.45, 7) is 1.81. The average molecular weight is 364 g/mol. The summed E-state index contributed by atoms with van der Waals surface area (Å²) < 4.78 is 10.8. The first kappa shape index (κ1) is 18.4. The third-order valence-corrected chi connectivity index (χ3v) is 4.15. The van der Waals surface area contributed by atoms with Crippen LogP contribution in [0.2, 0.25) is 0 Å². The van der Waals surface area contributed by atoms with Crippen LogP contribution in [0.4, 0.5) is 0 Å². The number of aryl methyl sites for hydroxylation is 1.